The number of hydrogen-bond acceptors (Lipinski definition) is 5. The molecule has 0 bridgehead atoms. The van der Waals surface area contributed by atoms with Crippen LogP contribution in [0.25, 0.3) is 0 Å². The lowest BCUT2D eigenvalue weighted by atomic mass is 10.0. The van der Waals surface area contributed by atoms with Gasteiger partial charge in [-0.2, -0.15) is 0 Å². The Balaban J connectivity index is 2.33. The van der Waals surface area contributed by atoms with Crippen LogP contribution in [-0.2, 0) is 16.3 Å². The molecule has 7 heteroatoms. The van der Waals surface area contributed by atoms with Gasteiger partial charge < -0.3 is 5.32 Å². The average molecular weight is 348 g/mol. The third kappa shape index (κ3) is 4.11. The predicted octanol–water partition coefficient (Wildman–Crippen LogP) is 3.35. The van der Waals surface area contributed by atoms with Crippen LogP contribution in [0.2, 0.25) is 0 Å². The van der Waals surface area contributed by atoms with Crippen molar-refractivity contribution in [2.75, 3.05) is 11.6 Å². The van der Waals surface area contributed by atoms with Gasteiger partial charge in [0.1, 0.15) is 10.6 Å². The van der Waals surface area contributed by atoms with Gasteiger partial charge in [0.05, 0.1) is 4.92 Å². The molecule has 0 aliphatic rings. The molecule has 2 rings (SSSR count). The Morgan fingerprint density at radius 1 is 1.17 bits per heavy atom. The molecule has 0 heterocycles. The molecule has 0 saturated heterocycles. The molecule has 0 fully saturated rings. The number of aryl methyl sites for hydroxylation is 1. The smallest absolute Gasteiger partial charge is 0.310 e. The minimum absolute atomic E-state index is 0.0976. The van der Waals surface area contributed by atoms with Crippen LogP contribution in [0.1, 0.15) is 18.1 Å². The van der Waals surface area contributed by atoms with Gasteiger partial charge in [-0.25, -0.2) is 8.42 Å². The summed E-state index contributed by atoms with van der Waals surface area (Å²) in [6.07, 6.45) is 1.64. The first kappa shape index (κ1) is 17.9. The van der Waals surface area contributed by atoms with E-state index in [-0.39, 0.29) is 16.6 Å². The zero-order chi connectivity index (χ0) is 17.9. The zero-order valence-electron chi connectivity index (χ0n) is 13.8. The second kappa shape index (κ2) is 7.00. The molecule has 2 aromatic rings. The van der Waals surface area contributed by atoms with Crippen LogP contribution in [0.4, 0.5) is 11.4 Å². The predicted molar refractivity (Wildman–Crippen MR) is 94.2 cm³/mol. The number of anilines is 1. The van der Waals surface area contributed by atoms with Gasteiger partial charge in [-0.1, -0.05) is 30.3 Å². The summed E-state index contributed by atoms with van der Waals surface area (Å²) in [5.74, 6) is 0. The first-order valence-corrected chi connectivity index (χ1v) is 9.38. The monoisotopic (exact) mass is 348 g/mol. The van der Waals surface area contributed by atoms with Gasteiger partial charge in [0.25, 0.3) is 0 Å². The van der Waals surface area contributed by atoms with E-state index in [1.165, 1.54) is 18.2 Å². The van der Waals surface area contributed by atoms with Crippen molar-refractivity contribution in [3.63, 3.8) is 0 Å². The standard InChI is InChI=1S/C17H20N2O4S/c1-12-7-4-5-8-14(12)11-13(2)18-15-9-6-10-16(24(3,22)23)17(15)19(20)21/h4-10,13,18H,11H2,1-3H3. The van der Waals surface area contributed by atoms with Gasteiger partial charge in [-0.3, -0.25) is 10.1 Å². The number of benzene rings is 2. The summed E-state index contributed by atoms with van der Waals surface area (Å²) in [6.45, 7) is 3.91. The van der Waals surface area contributed by atoms with Crippen LogP contribution in [0.15, 0.2) is 47.4 Å². The van der Waals surface area contributed by atoms with Crippen LogP contribution in [0, 0.1) is 17.0 Å². The summed E-state index contributed by atoms with van der Waals surface area (Å²) in [4.78, 5) is 10.5. The van der Waals surface area contributed by atoms with E-state index in [0.29, 0.717) is 6.42 Å². The molecule has 0 amide bonds. The number of sulfone groups is 1. The highest BCUT2D eigenvalue weighted by molar-refractivity contribution is 7.90. The number of para-hydroxylation sites is 1. The Morgan fingerprint density at radius 2 is 1.83 bits per heavy atom. The van der Waals surface area contributed by atoms with Gasteiger partial charge in [0.15, 0.2) is 9.84 Å². The van der Waals surface area contributed by atoms with Crippen LogP contribution >= 0.6 is 0 Å². The third-order valence-corrected chi connectivity index (χ3v) is 4.90. The highest BCUT2D eigenvalue weighted by atomic mass is 32.2. The molecule has 0 aliphatic heterocycles. The summed E-state index contributed by atoms with van der Waals surface area (Å²) in [5, 5.41) is 14.5. The number of hydrogen-bond donors (Lipinski definition) is 1. The maximum Gasteiger partial charge on any atom is 0.310 e. The van der Waals surface area contributed by atoms with Gasteiger partial charge in [-0.05, 0) is 43.5 Å². The molecule has 0 spiro atoms. The Hall–Kier alpha value is -2.41. The molecule has 24 heavy (non-hydrogen) atoms. The van der Waals surface area contributed by atoms with Crippen molar-refractivity contribution in [3.05, 3.63) is 63.7 Å². The average Bonchev–Trinajstić information content (AvgIpc) is 2.48. The molecule has 2 aromatic carbocycles. The minimum Gasteiger partial charge on any atom is -0.377 e. The molecule has 1 atom stereocenters. The molecule has 0 aliphatic carbocycles. The highest BCUT2D eigenvalue weighted by Gasteiger charge is 2.26. The summed E-state index contributed by atoms with van der Waals surface area (Å²) in [5.41, 5.74) is 2.09. The SMILES string of the molecule is Cc1ccccc1CC(C)Nc1cccc(S(C)(=O)=O)c1[N+](=O)[O-]. The van der Waals surface area contributed by atoms with E-state index >= 15 is 0 Å². The maximum atomic E-state index is 11.8. The van der Waals surface area contributed by atoms with Gasteiger partial charge in [-0.15, -0.1) is 0 Å². The highest BCUT2D eigenvalue weighted by Crippen LogP contribution is 2.32. The lowest BCUT2D eigenvalue weighted by Crippen LogP contribution is -2.20. The van der Waals surface area contributed by atoms with E-state index < -0.39 is 20.4 Å². The van der Waals surface area contributed by atoms with Crippen LogP contribution in [0.3, 0.4) is 0 Å². The number of nitrogens with zero attached hydrogens (tertiary/aromatic N) is 1. The van der Waals surface area contributed by atoms with Crippen molar-refractivity contribution in [1.29, 1.82) is 0 Å². The first-order valence-electron chi connectivity index (χ1n) is 7.48. The van der Waals surface area contributed by atoms with Gasteiger partial charge in [0.2, 0.25) is 0 Å². The summed E-state index contributed by atoms with van der Waals surface area (Å²) in [6, 6.07) is 12.1. The number of nitro groups is 1. The minimum atomic E-state index is -3.68. The topological polar surface area (TPSA) is 89.3 Å². The fourth-order valence-electron chi connectivity index (χ4n) is 2.61. The lowest BCUT2D eigenvalue weighted by molar-refractivity contribution is -0.386. The van der Waals surface area contributed by atoms with Crippen LogP contribution in [0.5, 0.6) is 0 Å². The number of nitro benzene ring substituents is 1. The zero-order valence-corrected chi connectivity index (χ0v) is 14.6. The van der Waals surface area contributed by atoms with Crippen molar-refractivity contribution in [1.82, 2.24) is 0 Å². The second-order valence-electron chi connectivity index (χ2n) is 5.86. The van der Waals surface area contributed by atoms with Gasteiger partial charge >= 0.3 is 5.69 Å². The second-order valence-corrected chi connectivity index (χ2v) is 7.84. The summed E-state index contributed by atoms with van der Waals surface area (Å²) in [7, 11) is -3.68. The fraction of sp³-hybridized carbons (Fsp3) is 0.294. The Labute approximate surface area is 141 Å². The van der Waals surface area contributed by atoms with Crippen molar-refractivity contribution in [2.45, 2.75) is 31.2 Å². The molecule has 1 N–H and O–H groups in total. The number of nitrogens with one attached hydrogen (secondary N) is 1. The van der Waals surface area contributed by atoms with Crippen molar-refractivity contribution < 1.29 is 13.3 Å². The van der Waals surface area contributed by atoms with E-state index in [2.05, 4.69) is 5.32 Å². The lowest BCUT2D eigenvalue weighted by Gasteiger charge is -2.17. The Morgan fingerprint density at radius 3 is 2.42 bits per heavy atom. The van der Waals surface area contributed by atoms with E-state index in [9.17, 15) is 18.5 Å². The first-order chi connectivity index (χ1) is 11.2. The number of rotatable bonds is 6. The van der Waals surface area contributed by atoms with E-state index in [1.54, 1.807) is 0 Å². The molecule has 128 valence electrons. The Kier molecular flexibility index (Phi) is 5.23. The molecular weight excluding hydrogens is 328 g/mol. The molecule has 0 saturated carbocycles. The van der Waals surface area contributed by atoms with Crippen LogP contribution < -0.4 is 5.32 Å². The van der Waals surface area contributed by atoms with Crippen molar-refractivity contribution in [3.8, 4) is 0 Å². The van der Waals surface area contributed by atoms with E-state index in [4.69, 9.17) is 0 Å². The van der Waals surface area contributed by atoms with E-state index in [1.807, 2.05) is 38.1 Å². The molecule has 0 aromatic heterocycles. The van der Waals surface area contributed by atoms with Gasteiger partial charge in [0, 0.05) is 12.3 Å². The normalized spacial score (nSPS) is 12.6. The largest absolute Gasteiger partial charge is 0.377 e. The molecule has 0 radical (unpaired) electrons. The molecular formula is C17H20N2O4S. The van der Waals surface area contributed by atoms with E-state index in [0.717, 1.165) is 17.4 Å². The third-order valence-electron chi connectivity index (χ3n) is 3.77. The van der Waals surface area contributed by atoms with Crippen molar-refractivity contribution >= 4 is 21.2 Å². The summed E-state index contributed by atoms with van der Waals surface area (Å²) >= 11 is 0. The maximum absolute atomic E-state index is 11.8. The molecule has 6 nitrogen and oxygen atoms in total. The van der Waals surface area contributed by atoms with Crippen molar-refractivity contribution in [2.24, 2.45) is 0 Å². The quantitative estimate of drug-likeness (QED) is 0.639. The Bertz CT molecular complexity index is 863. The summed E-state index contributed by atoms with van der Waals surface area (Å²) < 4.78 is 23.6. The fourth-order valence-corrected chi connectivity index (χ4v) is 3.47. The molecule has 1 unspecified atom stereocenters. The van der Waals surface area contributed by atoms with Crippen LogP contribution in [-0.4, -0.2) is 25.6 Å².